The van der Waals surface area contributed by atoms with Gasteiger partial charge in [0, 0.05) is 32.2 Å². The molecule has 0 saturated carbocycles. The second kappa shape index (κ2) is 5.87. The summed E-state index contributed by atoms with van der Waals surface area (Å²) in [6.45, 7) is 3.50. The summed E-state index contributed by atoms with van der Waals surface area (Å²) < 4.78 is 5.42. The van der Waals surface area contributed by atoms with Crippen LogP contribution in [0.25, 0.3) is 0 Å². The van der Waals surface area contributed by atoms with Gasteiger partial charge in [-0.1, -0.05) is 12.1 Å². The molecule has 3 rings (SSSR count). The van der Waals surface area contributed by atoms with E-state index in [0.29, 0.717) is 0 Å². The summed E-state index contributed by atoms with van der Waals surface area (Å²) in [5, 5.41) is 6.56. The van der Waals surface area contributed by atoms with Crippen LogP contribution in [0.4, 0.5) is 11.5 Å². The van der Waals surface area contributed by atoms with E-state index in [2.05, 4.69) is 26.1 Å². The normalized spacial score (nSPS) is 15.1. The minimum Gasteiger partial charge on any atom is -0.495 e. The monoisotopic (exact) mass is 286 g/mol. The lowest BCUT2D eigenvalue weighted by molar-refractivity contribution is 0.413. The number of H-pyrrole nitrogens is 1. The largest absolute Gasteiger partial charge is 0.495 e. The average molecular weight is 286 g/mol. The highest BCUT2D eigenvalue weighted by Gasteiger charge is 2.20. The topological polar surface area (TPSA) is 61.5 Å². The van der Waals surface area contributed by atoms with E-state index in [1.807, 2.05) is 18.2 Å². The van der Waals surface area contributed by atoms with Crippen LogP contribution in [-0.2, 0) is 0 Å². The lowest BCUT2D eigenvalue weighted by atomic mass is 10.2. The smallest absolute Gasteiger partial charge is 0.264 e. The molecule has 1 aliphatic rings. The van der Waals surface area contributed by atoms with Gasteiger partial charge in [0.15, 0.2) is 0 Å². The molecule has 0 aliphatic carbocycles. The van der Waals surface area contributed by atoms with Gasteiger partial charge < -0.3 is 14.5 Å². The summed E-state index contributed by atoms with van der Waals surface area (Å²) in [6, 6.07) is 11.3. The lowest BCUT2D eigenvalue weighted by Gasteiger charge is -2.37. The van der Waals surface area contributed by atoms with Crippen LogP contribution in [0.5, 0.6) is 5.75 Å². The van der Waals surface area contributed by atoms with E-state index in [-0.39, 0.29) is 5.56 Å². The Morgan fingerprint density at radius 2 is 1.76 bits per heavy atom. The fourth-order valence-electron chi connectivity index (χ4n) is 2.58. The van der Waals surface area contributed by atoms with Gasteiger partial charge in [-0.15, -0.1) is 0 Å². The van der Waals surface area contributed by atoms with Crippen LogP contribution in [0.15, 0.2) is 41.2 Å². The number of rotatable bonds is 3. The van der Waals surface area contributed by atoms with Crippen molar-refractivity contribution in [1.82, 2.24) is 10.2 Å². The fraction of sp³-hybridized carbons (Fsp3) is 0.333. The number of aromatic nitrogens is 2. The minimum atomic E-state index is -0.175. The third-order valence-corrected chi connectivity index (χ3v) is 3.69. The molecule has 1 N–H and O–H groups in total. The first kappa shape index (κ1) is 13.5. The maximum absolute atomic E-state index is 11.1. The first-order valence-corrected chi connectivity index (χ1v) is 6.96. The molecule has 2 aromatic rings. The maximum Gasteiger partial charge on any atom is 0.264 e. The molecule has 0 amide bonds. The van der Waals surface area contributed by atoms with Crippen LogP contribution >= 0.6 is 0 Å². The molecule has 1 fully saturated rings. The Bertz CT molecular complexity index is 642. The highest BCUT2D eigenvalue weighted by atomic mass is 16.5. The summed E-state index contributed by atoms with van der Waals surface area (Å²) in [5.41, 5.74) is 0.945. The van der Waals surface area contributed by atoms with Crippen LogP contribution in [0.3, 0.4) is 0 Å². The van der Waals surface area contributed by atoms with Gasteiger partial charge in [0.1, 0.15) is 11.6 Å². The number of hydrogen-bond acceptors (Lipinski definition) is 5. The Kier molecular flexibility index (Phi) is 3.77. The third kappa shape index (κ3) is 2.84. The maximum atomic E-state index is 11.1. The van der Waals surface area contributed by atoms with Crippen molar-refractivity contribution in [2.75, 3.05) is 43.1 Å². The minimum absolute atomic E-state index is 0.175. The second-order valence-corrected chi connectivity index (χ2v) is 4.93. The van der Waals surface area contributed by atoms with Crippen molar-refractivity contribution in [3.8, 4) is 5.75 Å². The van der Waals surface area contributed by atoms with Crippen molar-refractivity contribution < 1.29 is 4.74 Å². The van der Waals surface area contributed by atoms with Gasteiger partial charge in [-0.2, -0.15) is 5.10 Å². The predicted octanol–water partition coefficient (Wildman–Crippen LogP) is 1.11. The molecule has 0 unspecified atom stereocenters. The van der Waals surface area contributed by atoms with E-state index < -0.39 is 0 Å². The van der Waals surface area contributed by atoms with E-state index in [1.165, 1.54) is 6.07 Å². The molecule has 1 aromatic heterocycles. The van der Waals surface area contributed by atoms with E-state index in [0.717, 1.165) is 43.4 Å². The highest BCUT2D eigenvalue weighted by molar-refractivity contribution is 5.59. The lowest BCUT2D eigenvalue weighted by Crippen LogP contribution is -2.47. The van der Waals surface area contributed by atoms with Crippen molar-refractivity contribution in [1.29, 1.82) is 0 Å². The first-order valence-electron chi connectivity index (χ1n) is 6.96. The van der Waals surface area contributed by atoms with Gasteiger partial charge in [0.25, 0.3) is 5.56 Å². The van der Waals surface area contributed by atoms with Gasteiger partial charge in [0.05, 0.1) is 12.8 Å². The summed E-state index contributed by atoms with van der Waals surface area (Å²) in [7, 11) is 1.69. The predicted molar refractivity (Wildman–Crippen MR) is 82.3 cm³/mol. The van der Waals surface area contributed by atoms with E-state index in [9.17, 15) is 4.79 Å². The molecule has 1 saturated heterocycles. The van der Waals surface area contributed by atoms with Gasteiger partial charge >= 0.3 is 0 Å². The van der Waals surface area contributed by atoms with Crippen LogP contribution in [0.2, 0.25) is 0 Å². The highest BCUT2D eigenvalue weighted by Crippen LogP contribution is 2.28. The molecular weight excluding hydrogens is 268 g/mol. The van der Waals surface area contributed by atoms with Crippen molar-refractivity contribution in [3.05, 3.63) is 46.8 Å². The molecule has 21 heavy (non-hydrogen) atoms. The fourth-order valence-corrected chi connectivity index (χ4v) is 2.58. The Hall–Kier alpha value is -2.50. The number of nitrogens with zero attached hydrogens (tertiary/aromatic N) is 3. The number of aromatic amines is 1. The molecule has 1 aromatic carbocycles. The zero-order chi connectivity index (χ0) is 14.7. The molecule has 2 heterocycles. The molecule has 0 radical (unpaired) electrons. The average Bonchev–Trinajstić information content (AvgIpc) is 2.56. The summed E-state index contributed by atoms with van der Waals surface area (Å²) in [4.78, 5) is 15.5. The van der Waals surface area contributed by atoms with Crippen LogP contribution in [0.1, 0.15) is 0 Å². The Morgan fingerprint density at radius 3 is 2.43 bits per heavy atom. The molecular formula is C15H18N4O2. The SMILES string of the molecule is COc1ccccc1N1CCN(c2ccc(=O)[nH]n2)CC1. The van der Waals surface area contributed by atoms with Gasteiger partial charge in [-0.25, -0.2) is 5.10 Å². The number of piperazine rings is 1. The number of ether oxygens (including phenoxy) is 1. The van der Waals surface area contributed by atoms with Crippen molar-refractivity contribution in [3.63, 3.8) is 0 Å². The standard InChI is InChI=1S/C15H18N4O2/c1-21-13-5-3-2-4-12(13)18-8-10-19(11-9-18)14-6-7-15(20)17-16-14/h2-7H,8-11H2,1H3,(H,17,20). The summed E-state index contributed by atoms with van der Waals surface area (Å²) in [5.74, 6) is 1.71. The zero-order valence-corrected chi connectivity index (χ0v) is 12.0. The number of benzene rings is 1. The van der Waals surface area contributed by atoms with Crippen molar-refractivity contribution in [2.45, 2.75) is 0 Å². The number of anilines is 2. The van der Waals surface area contributed by atoms with Crippen LogP contribution < -0.4 is 20.1 Å². The van der Waals surface area contributed by atoms with Crippen LogP contribution in [0, 0.1) is 0 Å². The Balaban J connectivity index is 1.70. The molecule has 6 nitrogen and oxygen atoms in total. The molecule has 0 spiro atoms. The van der Waals surface area contributed by atoms with Gasteiger partial charge in [0.2, 0.25) is 0 Å². The number of hydrogen-bond donors (Lipinski definition) is 1. The first-order chi connectivity index (χ1) is 10.3. The Labute approximate surface area is 123 Å². The summed E-state index contributed by atoms with van der Waals surface area (Å²) >= 11 is 0. The molecule has 1 aliphatic heterocycles. The summed E-state index contributed by atoms with van der Waals surface area (Å²) in [6.07, 6.45) is 0. The molecule has 0 bridgehead atoms. The second-order valence-electron chi connectivity index (χ2n) is 4.93. The quantitative estimate of drug-likeness (QED) is 0.915. The number of para-hydroxylation sites is 2. The number of methoxy groups -OCH3 is 1. The molecule has 6 heteroatoms. The molecule has 110 valence electrons. The van der Waals surface area contributed by atoms with Crippen LogP contribution in [-0.4, -0.2) is 43.5 Å². The van der Waals surface area contributed by atoms with Gasteiger partial charge in [-0.05, 0) is 18.2 Å². The molecule has 0 atom stereocenters. The zero-order valence-electron chi connectivity index (χ0n) is 12.0. The number of nitrogens with one attached hydrogen (secondary N) is 1. The van der Waals surface area contributed by atoms with E-state index in [4.69, 9.17) is 4.74 Å². The van der Waals surface area contributed by atoms with Crippen molar-refractivity contribution in [2.24, 2.45) is 0 Å². The van der Waals surface area contributed by atoms with E-state index in [1.54, 1.807) is 13.2 Å². The van der Waals surface area contributed by atoms with Gasteiger partial charge in [-0.3, -0.25) is 4.79 Å². The van der Waals surface area contributed by atoms with E-state index >= 15 is 0 Å². The Morgan fingerprint density at radius 1 is 1.05 bits per heavy atom. The third-order valence-electron chi connectivity index (χ3n) is 3.69. The van der Waals surface area contributed by atoms with Crippen molar-refractivity contribution >= 4 is 11.5 Å².